The molecule has 0 unspecified atom stereocenters. The summed E-state index contributed by atoms with van der Waals surface area (Å²) in [4.78, 5) is 37.6. The molecule has 1 aliphatic rings. The van der Waals surface area contributed by atoms with E-state index in [2.05, 4.69) is 25.6 Å². The number of carbonyl (C=O) groups excluding carboxylic acids is 1. The van der Waals surface area contributed by atoms with Crippen LogP contribution in [0.15, 0.2) is 35.3 Å². The second kappa shape index (κ2) is 7.12. The smallest absolute Gasteiger partial charge is 0.253 e. The van der Waals surface area contributed by atoms with Gasteiger partial charge in [0.15, 0.2) is 0 Å². The van der Waals surface area contributed by atoms with Crippen LogP contribution in [0.1, 0.15) is 24.1 Å². The lowest BCUT2D eigenvalue weighted by Gasteiger charge is -2.16. The minimum absolute atomic E-state index is 0.0118. The first kappa shape index (κ1) is 18.2. The lowest BCUT2D eigenvalue weighted by molar-refractivity contribution is -0.128. The fraction of sp³-hybridized carbons (Fsp3) is 0.263. The van der Waals surface area contributed by atoms with Gasteiger partial charge in [0.1, 0.15) is 5.82 Å². The number of carbonyl (C=O) groups is 1. The monoisotopic (exact) mass is 398 g/mol. The van der Waals surface area contributed by atoms with Crippen molar-refractivity contribution in [2.75, 3.05) is 24.2 Å². The number of rotatable bonds is 3. The molecule has 1 aromatic carbocycles. The van der Waals surface area contributed by atoms with E-state index in [1.165, 1.54) is 0 Å². The van der Waals surface area contributed by atoms with E-state index >= 15 is 0 Å². The molecule has 2 aromatic heterocycles. The molecular formula is C19H19ClN6O2. The van der Waals surface area contributed by atoms with Crippen LogP contribution in [0.5, 0.6) is 0 Å². The molecule has 1 aliphatic heterocycles. The van der Waals surface area contributed by atoms with E-state index in [0.29, 0.717) is 28.9 Å². The molecule has 0 fully saturated rings. The van der Waals surface area contributed by atoms with Gasteiger partial charge in [0.2, 0.25) is 11.9 Å². The van der Waals surface area contributed by atoms with Gasteiger partial charge in [-0.05, 0) is 31.2 Å². The molecule has 3 heterocycles. The highest BCUT2D eigenvalue weighted by molar-refractivity contribution is 6.31. The van der Waals surface area contributed by atoms with Gasteiger partial charge in [-0.2, -0.15) is 4.98 Å². The summed E-state index contributed by atoms with van der Waals surface area (Å²) in [5, 5.41) is 7.64. The predicted molar refractivity (Wildman–Crippen MR) is 109 cm³/mol. The van der Waals surface area contributed by atoms with Crippen molar-refractivity contribution in [1.82, 2.24) is 19.9 Å². The van der Waals surface area contributed by atoms with Crippen LogP contribution in [0.25, 0.3) is 10.9 Å². The number of aromatic nitrogens is 3. The first-order valence-corrected chi connectivity index (χ1v) is 9.21. The van der Waals surface area contributed by atoms with Gasteiger partial charge in [0.25, 0.3) is 5.56 Å². The second-order valence-electron chi connectivity index (χ2n) is 6.82. The SMILES string of the molecule is C[C@H](Nc1ncc2c(n1)NCC(=O)N(C)C2)c1cc2cc(Cl)ccc2[nH]c1=O. The molecule has 4 rings (SSSR count). The standard InChI is InChI=1S/C19H19ClN6O2/c1-10(14-6-11-5-13(20)3-4-15(11)24-18(14)28)23-19-22-7-12-9-26(2)16(27)8-21-17(12)25-19/h3-7,10H,8-9H2,1-2H3,(H,24,28)(H2,21,22,23,25)/t10-/m0/s1. The number of hydrogen-bond acceptors (Lipinski definition) is 6. The zero-order chi connectivity index (χ0) is 19.8. The molecule has 0 spiro atoms. The molecule has 9 heteroatoms. The number of H-pyrrole nitrogens is 1. The summed E-state index contributed by atoms with van der Waals surface area (Å²) in [5.41, 5.74) is 1.93. The van der Waals surface area contributed by atoms with Crippen LogP contribution in [0.2, 0.25) is 5.02 Å². The van der Waals surface area contributed by atoms with Crippen molar-refractivity contribution in [1.29, 1.82) is 0 Å². The second-order valence-corrected chi connectivity index (χ2v) is 7.26. The van der Waals surface area contributed by atoms with Crippen molar-refractivity contribution in [3.63, 3.8) is 0 Å². The van der Waals surface area contributed by atoms with Gasteiger partial charge < -0.3 is 20.5 Å². The Balaban J connectivity index is 1.61. The Labute approximate surface area is 165 Å². The van der Waals surface area contributed by atoms with E-state index in [0.717, 1.165) is 16.5 Å². The zero-order valence-corrected chi connectivity index (χ0v) is 16.2. The molecule has 1 amide bonds. The van der Waals surface area contributed by atoms with Crippen LogP contribution in [-0.2, 0) is 11.3 Å². The molecule has 144 valence electrons. The summed E-state index contributed by atoms with van der Waals surface area (Å²) >= 11 is 6.06. The first-order chi connectivity index (χ1) is 13.4. The number of pyridine rings is 1. The Kier molecular flexibility index (Phi) is 4.64. The molecule has 3 aromatic rings. The highest BCUT2D eigenvalue weighted by atomic mass is 35.5. The Hall–Kier alpha value is -3.13. The number of nitrogens with zero attached hydrogens (tertiary/aromatic N) is 3. The van der Waals surface area contributed by atoms with Crippen LogP contribution in [-0.4, -0.2) is 39.4 Å². The maximum Gasteiger partial charge on any atom is 0.253 e. The number of amides is 1. The van der Waals surface area contributed by atoms with E-state index in [1.54, 1.807) is 36.3 Å². The average molecular weight is 399 g/mol. The number of anilines is 2. The van der Waals surface area contributed by atoms with Gasteiger partial charge in [0.05, 0.1) is 19.1 Å². The lowest BCUT2D eigenvalue weighted by Crippen LogP contribution is -2.28. The summed E-state index contributed by atoms with van der Waals surface area (Å²) in [6.07, 6.45) is 1.68. The number of likely N-dealkylation sites (N-methyl/N-ethyl adjacent to an activating group) is 1. The van der Waals surface area contributed by atoms with Crippen LogP contribution < -0.4 is 16.2 Å². The molecule has 0 saturated heterocycles. The van der Waals surface area contributed by atoms with Crippen molar-refractivity contribution in [3.8, 4) is 0 Å². The van der Waals surface area contributed by atoms with Crippen LogP contribution in [0.3, 0.4) is 0 Å². The van der Waals surface area contributed by atoms with Gasteiger partial charge in [-0.25, -0.2) is 4.98 Å². The normalized spacial score (nSPS) is 15.0. The maximum absolute atomic E-state index is 12.5. The van der Waals surface area contributed by atoms with Gasteiger partial charge in [-0.15, -0.1) is 0 Å². The fourth-order valence-corrected chi connectivity index (χ4v) is 3.35. The minimum Gasteiger partial charge on any atom is -0.361 e. The third kappa shape index (κ3) is 3.50. The van der Waals surface area contributed by atoms with Crippen molar-refractivity contribution in [2.24, 2.45) is 0 Å². The number of halogens is 1. The van der Waals surface area contributed by atoms with Gasteiger partial charge in [0, 0.05) is 40.3 Å². The molecule has 0 bridgehead atoms. The molecule has 3 N–H and O–H groups in total. The largest absolute Gasteiger partial charge is 0.361 e. The Morgan fingerprint density at radius 2 is 2.11 bits per heavy atom. The van der Waals surface area contributed by atoms with E-state index in [4.69, 9.17) is 11.6 Å². The topological polar surface area (TPSA) is 103 Å². The summed E-state index contributed by atoms with van der Waals surface area (Å²) in [6, 6.07) is 6.80. The van der Waals surface area contributed by atoms with Crippen molar-refractivity contribution >= 4 is 40.2 Å². The molecule has 8 nitrogen and oxygen atoms in total. The third-order valence-corrected chi connectivity index (χ3v) is 4.99. The van der Waals surface area contributed by atoms with E-state index in [9.17, 15) is 9.59 Å². The van der Waals surface area contributed by atoms with Gasteiger partial charge in [-0.3, -0.25) is 9.59 Å². The number of aromatic amines is 1. The maximum atomic E-state index is 12.5. The molecule has 1 atom stereocenters. The molecule has 0 radical (unpaired) electrons. The summed E-state index contributed by atoms with van der Waals surface area (Å²) < 4.78 is 0. The molecular weight excluding hydrogens is 380 g/mol. The third-order valence-electron chi connectivity index (χ3n) is 4.75. The summed E-state index contributed by atoms with van der Waals surface area (Å²) in [6.45, 7) is 2.49. The van der Waals surface area contributed by atoms with Crippen molar-refractivity contribution < 1.29 is 4.79 Å². The fourth-order valence-electron chi connectivity index (χ4n) is 3.17. The number of hydrogen-bond donors (Lipinski definition) is 3. The van der Waals surface area contributed by atoms with Crippen molar-refractivity contribution in [2.45, 2.75) is 19.5 Å². The first-order valence-electron chi connectivity index (χ1n) is 8.83. The molecule has 0 aliphatic carbocycles. The Morgan fingerprint density at radius 1 is 1.29 bits per heavy atom. The van der Waals surface area contributed by atoms with Gasteiger partial charge >= 0.3 is 0 Å². The molecule has 28 heavy (non-hydrogen) atoms. The summed E-state index contributed by atoms with van der Waals surface area (Å²) in [7, 11) is 1.74. The number of benzene rings is 1. The van der Waals surface area contributed by atoms with Gasteiger partial charge in [-0.1, -0.05) is 11.6 Å². The average Bonchev–Trinajstić information content (AvgIpc) is 2.80. The zero-order valence-electron chi connectivity index (χ0n) is 15.4. The highest BCUT2D eigenvalue weighted by Crippen LogP contribution is 2.23. The lowest BCUT2D eigenvalue weighted by atomic mass is 10.1. The quantitative estimate of drug-likeness (QED) is 0.626. The van der Waals surface area contributed by atoms with Crippen LogP contribution >= 0.6 is 11.6 Å². The Morgan fingerprint density at radius 3 is 2.93 bits per heavy atom. The minimum atomic E-state index is -0.333. The highest BCUT2D eigenvalue weighted by Gasteiger charge is 2.19. The van der Waals surface area contributed by atoms with Crippen LogP contribution in [0, 0.1) is 0 Å². The summed E-state index contributed by atoms with van der Waals surface area (Å²) in [5.74, 6) is 0.977. The van der Waals surface area contributed by atoms with Crippen LogP contribution in [0.4, 0.5) is 11.8 Å². The van der Waals surface area contributed by atoms with E-state index in [-0.39, 0.29) is 24.1 Å². The number of nitrogens with one attached hydrogen (secondary N) is 3. The Bertz CT molecular complexity index is 1130. The van der Waals surface area contributed by atoms with E-state index < -0.39 is 0 Å². The van der Waals surface area contributed by atoms with Crippen molar-refractivity contribution in [3.05, 3.63) is 57.0 Å². The number of fused-ring (bicyclic) bond motifs is 2. The predicted octanol–water partition coefficient (Wildman–Crippen LogP) is 2.53. The molecule has 0 saturated carbocycles. The van der Waals surface area contributed by atoms with E-state index in [1.807, 2.05) is 13.0 Å².